The molecule has 2 aromatic carbocycles. The molecule has 0 aliphatic carbocycles. The molecule has 106 valence electrons. The Balaban J connectivity index is 2.38. The maximum absolute atomic E-state index is 13.2. The Morgan fingerprint density at radius 3 is 2.65 bits per heavy atom. The Hall–Kier alpha value is -1.92. The smallest absolute Gasteiger partial charge is 0.261 e. The average molecular weight is 294 g/mol. The van der Waals surface area contributed by atoms with Crippen molar-refractivity contribution >= 4 is 15.7 Å². The maximum Gasteiger partial charge on any atom is 0.261 e. The third-order valence-electron chi connectivity index (χ3n) is 2.89. The SMILES string of the molecule is Cc1ccc(F)cc1NS(=O)(=O)c1cccc(CN)c1. The van der Waals surface area contributed by atoms with Crippen LogP contribution in [-0.4, -0.2) is 8.42 Å². The van der Waals surface area contributed by atoms with Gasteiger partial charge in [-0.1, -0.05) is 18.2 Å². The number of halogens is 1. The van der Waals surface area contributed by atoms with Crippen LogP contribution in [0.4, 0.5) is 10.1 Å². The van der Waals surface area contributed by atoms with E-state index in [0.717, 1.165) is 6.07 Å². The van der Waals surface area contributed by atoms with E-state index in [2.05, 4.69) is 4.72 Å². The Kier molecular flexibility index (Phi) is 4.06. The topological polar surface area (TPSA) is 72.2 Å². The van der Waals surface area contributed by atoms with Gasteiger partial charge in [0.1, 0.15) is 5.82 Å². The van der Waals surface area contributed by atoms with E-state index in [0.29, 0.717) is 11.1 Å². The number of benzene rings is 2. The van der Waals surface area contributed by atoms with Crippen molar-refractivity contribution < 1.29 is 12.8 Å². The third kappa shape index (κ3) is 3.15. The van der Waals surface area contributed by atoms with Crippen LogP contribution in [0.25, 0.3) is 0 Å². The van der Waals surface area contributed by atoms with E-state index in [1.807, 2.05) is 0 Å². The van der Waals surface area contributed by atoms with Gasteiger partial charge in [-0.2, -0.15) is 0 Å². The zero-order valence-electron chi connectivity index (χ0n) is 10.9. The van der Waals surface area contributed by atoms with Crippen molar-refractivity contribution in [3.05, 3.63) is 59.4 Å². The fourth-order valence-electron chi connectivity index (χ4n) is 1.75. The summed E-state index contributed by atoms with van der Waals surface area (Å²) in [5.41, 5.74) is 7.07. The van der Waals surface area contributed by atoms with Crippen LogP contribution in [0.3, 0.4) is 0 Å². The maximum atomic E-state index is 13.2. The molecule has 3 N–H and O–H groups in total. The van der Waals surface area contributed by atoms with Crippen molar-refractivity contribution in [2.24, 2.45) is 5.73 Å². The molecule has 0 saturated carbocycles. The zero-order chi connectivity index (χ0) is 14.8. The summed E-state index contributed by atoms with van der Waals surface area (Å²) in [7, 11) is -3.76. The van der Waals surface area contributed by atoms with Crippen molar-refractivity contribution in [1.82, 2.24) is 0 Å². The summed E-state index contributed by atoms with van der Waals surface area (Å²) >= 11 is 0. The zero-order valence-corrected chi connectivity index (χ0v) is 11.7. The molecule has 20 heavy (non-hydrogen) atoms. The Morgan fingerprint density at radius 2 is 1.95 bits per heavy atom. The molecule has 0 spiro atoms. The van der Waals surface area contributed by atoms with Gasteiger partial charge in [-0.15, -0.1) is 0 Å². The van der Waals surface area contributed by atoms with Gasteiger partial charge in [0, 0.05) is 6.54 Å². The first-order chi connectivity index (χ1) is 9.42. The predicted molar refractivity (Wildman–Crippen MR) is 76.3 cm³/mol. The molecular weight excluding hydrogens is 279 g/mol. The highest BCUT2D eigenvalue weighted by atomic mass is 32.2. The van der Waals surface area contributed by atoms with Crippen LogP contribution in [0.2, 0.25) is 0 Å². The van der Waals surface area contributed by atoms with E-state index in [1.54, 1.807) is 19.1 Å². The molecule has 0 aliphatic heterocycles. The van der Waals surface area contributed by atoms with Gasteiger partial charge < -0.3 is 5.73 Å². The first-order valence-corrected chi connectivity index (χ1v) is 7.48. The molecule has 0 aromatic heterocycles. The number of nitrogens with two attached hydrogens (primary N) is 1. The van der Waals surface area contributed by atoms with Crippen LogP contribution in [0.5, 0.6) is 0 Å². The van der Waals surface area contributed by atoms with E-state index in [9.17, 15) is 12.8 Å². The lowest BCUT2D eigenvalue weighted by Gasteiger charge is -2.11. The fraction of sp³-hybridized carbons (Fsp3) is 0.143. The lowest BCUT2D eigenvalue weighted by molar-refractivity contribution is 0.601. The summed E-state index contributed by atoms with van der Waals surface area (Å²) in [5.74, 6) is -0.496. The van der Waals surface area contributed by atoms with E-state index >= 15 is 0 Å². The van der Waals surface area contributed by atoms with Gasteiger partial charge in [0.15, 0.2) is 0 Å². The largest absolute Gasteiger partial charge is 0.326 e. The molecule has 0 bridgehead atoms. The highest BCUT2D eigenvalue weighted by Gasteiger charge is 2.15. The van der Waals surface area contributed by atoms with Gasteiger partial charge in [-0.05, 0) is 42.3 Å². The summed E-state index contributed by atoms with van der Waals surface area (Å²) in [6.45, 7) is 1.95. The van der Waals surface area contributed by atoms with E-state index < -0.39 is 15.8 Å². The van der Waals surface area contributed by atoms with Gasteiger partial charge in [-0.3, -0.25) is 4.72 Å². The predicted octanol–water partition coefficient (Wildman–Crippen LogP) is 2.39. The van der Waals surface area contributed by atoms with Crippen LogP contribution in [-0.2, 0) is 16.6 Å². The molecule has 6 heteroatoms. The minimum atomic E-state index is -3.76. The van der Waals surface area contributed by atoms with E-state index in [1.165, 1.54) is 24.3 Å². The molecule has 0 unspecified atom stereocenters. The summed E-state index contributed by atoms with van der Waals surface area (Å²) in [6.07, 6.45) is 0. The van der Waals surface area contributed by atoms with Crippen LogP contribution in [0, 0.1) is 12.7 Å². The van der Waals surface area contributed by atoms with E-state index in [-0.39, 0.29) is 17.1 Å². The quantitative estimate of drug-likeness (QED) is 0.909. The minimum absolute atomic E-state index is 0.101. The second-order valence-electron chi connectivity index (χ2n) is 4.42. The molecule has 0 amide bonds. The molecule has 2 aromatic rings. The van der Waals surface area contributed by atoms with Crippen molar-refractivity contribution in [1.29, 1.82) is 0 Å². The molecule has 0 radical (unpaired) electrons. The number of nitrogens with one attached hydrogen (secondary N) is 1. The van der Waals surface area contributed by atoms with Gasteiger partial charge in [0.2, 0.25) is 0 Å². The van der Waals surface area contributed by atoms with Crippen molar-refractivity contribution in [3.63, 3.8) is 0 Å². The molecule has 4 nitrogen and oxygen atoms in total. The lowest BCUT2D eigenvalue weighted by Crippen LogP contribution is -2.14. The number of hydrogen-bond acceptors (Lipinski definition) is 3. The van der Waals surface area contributed by atoms with Crippen LogP contribution in [0.15, 0.2) is 47.4 Å². The summed E-state index contributed by atoms with van der Waals surface area (Å²) in [5, 5.41) is 0. The number of rotatable bonds is 4. The molecule has 0 saturated heterocycles. The summed E-state index contributed by atoms with van der Waals surface area (Å²) in [4.78, 5) is 0.101. The molecule has 2 rings (SSSR count). The number of aryl methyl sites for hydroxylation is 1. The molecule has 0 atom stereocenters. The fourth-order valence-corrected chi connectivity index (χ4v) is 2.94. The lowest BCUT2D eigenvalue weighted by atomic mass is 10.2. The molecule has 0 heterocycles. The van der Waals surface area contributed by atoms with Crippen LogP contribution < -0.4 is 10.5 Å². The average Bonchev–Trinajstić information content (AvgIpc) is 2.43. The van der Waals surface area contributed by atoms with Crippen LogP contribution in [0.1, 0.15) is 11.1 Å². The Morgan fingerprint density at radius 1 is 1.20 bits per heavy atom. The molecule has 0 aliphatic rings. The highest BCUT2D eigenvalue weighted by Crippen LogP contribution is 2.21. The Bertz CT molecular complexity index is 730. The van der Waals surface area contributed by atoms with Gasteiger partial charge in [0.25, 0.3) is 10.0 Å². The summed E-state index contributed by atoms with van der Waals surface area (Å²) in [6, 6.07) is 10.3. The second kappa shape index (κ2) is 5.60. The third-order valence-corrected chi connectivity index (χ3v) is 4.25. The molecular formula is C14H15FN2O2S. The van der Waals surface area contributed by atoms with Crippen LogP contribution >= 0.6 is 0 Å². The van der Waals surface area contributed by atoms with Gasteiger partial charge in [0.05, 0.1) is 10.6 Å². The first-order valence-electron chi connectivity index (χ1n) is 6.00. The summed E-state index contributed by atoms with van der Waals surface area (Å²) < 4.78 is 40.1. The number of anilines is 1. The molecule has 0 fully saturated rings. The Labute approximate surface area is 117 Å². The van der Waals surface area contributed by atoms with Gasteiger partial charge in [-0.25, -0.2) is 12.8 Å². The number of sulfonamides is 1. The monoisotopic (exact) mass is 294 g/mol. The van der Waals surface area contributed by atoms with Crippen molar-refractivity contribution in [3.8, 4) is 0 Å². The highest BCUT2D eigenvalue weighted by molar-refractivity contribution is 7.92. The van der Waals surface area contributed by atoms with Crippen molar-refractivity contribution in [2.45, 2.75) is 18.4 Å². The first kappa shape index (κ1) is 14.5. The normalized spacial score (nSPS) is 11.3. The standard InChI is InChI=1S/C14H15FN2O2S/c1-10-5-6-12(15)8-14(10)17-20(18,19)13-4-2-3-11(7-13)9-16/h2-8,17H,9,16H2,1H3. The minimum Gasteiger partial charge on any atom is -0.326 e. The van der Waals surface area contributed by atoms with E-state index in [4.69, 9.17) is 5.73 Å². The second-order valence-corrected chi connectivity index (χ2v) is 6.10. The number of hydrogen-bond donors (Lipinski definition) is 2. The van der Waals surface area contributed by atoms with Crippen molar-refractivity contribution in [2.75, 3.05) is 4.72 Å². The van der Waals surface area contributed by atoms with Gasteiger partial charge >= 0.3 is 0 Å².